The summed E-state index contributed by atoms with van der Waals surface area (Å²) in [5.41, 5.74) is -0.0609. The average Bonchev–Trinajstić information content (AvgIpc) is 2.90. The molecule has 4 rings (SSSR count). The van der Waals surface area contributed by atoms with Crippen molar-refractivity contribution in [2.75, 3.05) is 60.4 Å². The second kappa shape index (κ2) is 13.2. The van der Waals surface area contributed by atoms with Crippen LogP contribution in [0.15, 0.2) is 46.9 Å². The number of rotatable bonds is 9. The predicted molar refractivity (Wildman–Crippen MR) is 153 cm³/mol. The largest absolute Gasteiger partial charge is 0.416 e. The van der Waals surface area contributed by atoms with Crippen molar-refractivity contribution in [2.24, 2.45) is 5.92 Å². The smallest absolute Gasteiger partial charge is 0.349 e. The minimum absolute atomic E-state index is 0.0475. The van der Waals surface area contributed by atoms with Gasteiger partial charge in [-0.3, -0.25) is 14.5 Å². The standard InChI is InChI=1S/C30H37BrF4N4O2/c1-36(2)28(40)21-9-12-39(13-10-21)27-18-38(19-27)11-8-22(20-4-6-26(32)7-5-20)17-37(3)29(41)23-14-24(30(33,34)35)16-25(31)15-23/h4-7,14-16,21-22,27H,8-13,17-19H2,1-3H3/t22-/m1/s1. The summed E-state index contributed by atoms with van der Waals surface area (Å²) in [5.74, 6) is -0.677. The lowest BCUT2D eigenvalue weighted by Crippen LogP contribution is -2.61. The SMILES string of the molecule is CN(C)C(=O)C1CCN(C2CN(CC[C@H](CN(C)C(=O)c3cc(Br)cc(C(F)(F)F)c3)c3ccc(F)cc3)C2)CC1. The van der Waals surface area contributed by atoms with E-state index in [1.54, 1.807) is 38.2 Å². The molecule has 11 heteroatoms. The van der Waals surface area contributed by atoms with E-state index < -0.39 is 17.6 Å². The fourth-order valence-corrected chi connectivity index (χ4v) is 6.27. The maximum Gasteiger partial charge on any atom is 0.416 e. The van der Waals surface area contributed by atoms with Crippen LogP contribution in [0, 0.1) is 11.7 Å². The van der Waals surface area contributed by atoms with E-state index in [4.69, 9.17) is 0 Å². The Bertz CT molecular complexity index is 1210. The molecule has 1 atom stereocenters. The molecule has 2 aliphatic heterocycles. The molecule has 6 nitrogen and oxygen atoms in total. The van der Waals surface area contributed by atoms with E-state index in [0.29, 0.717) is 12.5 Å². The maximum atomic E-state index is 13.6. The topological polar surface area (TPSA) is 47.1 Å². The Morgan fingerprint density at radius 1 is 1.02 bits per heavy atom. The first-order valence-corrected chi connectivity index (χ1v) is 14.7. The number of likely N-dealkylation sites (tertiary alicyclic amines) is 2. The molecule has 2 amide bonds. The molecular weight excluding hydrogens is 604 g/mol. The second-order valence-corrected chi connectivity index (χ2v) is 12.3. The summed E-state index contributed by atoms with van der Waals surface area (Å²) in [4.78, 5) is 33.4. The first kappa shape index (κ1) is 31.4. The predicted octanol–water partition coefficient (Wildman–Crippen LogP) is 5.34. The summed E-state index contributed by atoms with van der Waals surface area (Å²) >= 11 is 3.09. The first-order chi connectivity index (χ1) is 19.3. The van der Waals surface area contributed by atoms with E-state index in [9.17, 15) is 27.2 Å². The number of amides is 2. The summed E-state index contributed by atoms with van der Waals surface area (Å²) in [5, 5.41) is 0. The van der Waals surface area contributed by atoms with Gasteiger partial charge in [0, 0.05) is 68.7 Å². The highest BCUT2D eigenvalue weighted by Gasteiger charge is 2.36. The monoisotopic (exact) mass is 640 g/mol. The van der Waals surface area contributed by atoms with Gasteiger partial charge in [-0.05, 0) is 74.8 Å². The lowest BCUT2D eigenvalue weighted by atomic mass is 9.92. The van der Waals surface area contributed by atoms with Crippen LogP contribution in [0.25, 0.3) is 0 Å². The van der Waals surface area contributed by atoms with Gasteiger partial charge in [-0.15, -0.1) is 0 Å². The van der Waals surface area contributed by atoms with Gasteiger partial charge in [0.25, 0.3) is 5.91 Å². The van der Waals surface area contributed by atoms with E-state index in [2.05, 4.69) is 25.7 Å². The third-order valence-electron chi connectivity index (χ3n) is 8.22. The lowest BCUT2D eigenvalue weighted by molar-refractivity contribution is -0.137. The Morgan fingerprint density at radius 3 is 2.24 bits per heavy atom. The van der Waals surface area contributed by atoms with E-state index in [1.165, 1.54) is 23.1 Å². The van der Waals surface area contributed by atoms with Gasteiger partial charge in [0.05, 0.1) is 5.56 Å². The molecule has 2 aromatic rings. The number of hydrogen-bond donors (Lipinski definition) is 0. The summed E-state index contributed by atoms with van der Waals surface area (Å²) in [6, 6.07) is 9.85. The molecular formula is C30H37BrF4N4O2. The average molecular weight is 642 g/mol. The van der Waals surface area contributed by atoms with Gasteiger partial charge in [-0.2, -0.15) is 13.2 Å². The molecule has 2 aromatic carbocycles. The number of alkyl halides is 3. The maximum absolute atomic E-state index is 13.6. The molecule has 224 valence electrons. The highest BCUT2D eigenvalue weighted by Crippen LogP contribution is 2.33. The van der Waals surface area contributed by atoms with Crippen molar-refractivity contribution in [3.63, 3.8) is 0 Å². The molecule has 2 aliphatic rings. The Kier molecular flexibility index (Phi) is 10.1. The molecule has 41 heavy (non-hydrogen) atoms. The Labute approximate surface area is 247 Å². The molecule has 0 saturated carbocycles. The zero-order valence-corrected chi connectivity index (χ0v) is 25.2. The van der Waals surface area contributed by atoms with Crippen molar-refractivity contribution in [2.45, 2.75) is 37.4 Å². The van der Waals surface area contributed by atoms with Gasteiger partial charge in [-0.1, -0.05) is 28.1 Å². The summed E-state index contributed by atoms with van der Waals surface area (Å²) < 4.78 is 53.8. The number of carbonyl (C=O) groups excluding carboxylic acids is 2. The van der Waals surface area contributed by atoms with Crippen LogP contribution in [0.4, 0.5) is 17.6 Å². The third kappa shape index (κ3) is 8.08. The van der Waals surface area contributed by atoms with Gasteiger partial charge in [0.1, 0.15) is 5.82 Å². The molecule has 0 aliphatic carbocycles. The van der Waals surface area contributed by atoms with Crippen LogP contribution in [-0.4, -0.2) is 97.9 Å². The van der Waals surface area contributed by atoms with Crippen LogP contribution in [-0.2, 0) is 11.0 Å². The van der Waals surface area contributed by atoms with Crippen molar-refractivity contribution in [3.05, 3.63) is 69.4 Å². The highest BCUT2D eigenvalue weighted by molar-refractivity contribution is 9.10. The van der Waals surface area contributed by atoms with Crippen LogP contribution in [0.2, 0.25) is 0 Å². The van der Waals surface area contributed by atoms with E-state index >= 15 is 0 Å². The van der Waals surface area contributed by atoms with Gasteiger partial charge in [0.2, 0.25) is 5.91 Å². The molecule has 0 aromatic heterocycles. The number of nitrogens with zero attached hydrogens (tertiary/aromatic N) is 4. The van der Waals surface area contributed by atoms with Gasteiger partial charge >= 0.3 is 6.18 Å². The Morgan fingerprint density at radius 2 is 1.66 bits per heavy atom. The Balaban J connectivity index is 1.35. The highest BCUT2D eigenvalue weighted by atomic mass is 79.9. The molecule has 0 N–H and O–H groups in total. The fourth-order valence-electron chi connectivity index (χ4n) is 5.78. The molecule has 2 fully saturated rings. The van der Waals surface area contributed by atoms with Gasteiger partial charge in [-0.25, -0.2) is 4.39 Å². The summed E-state index contributed by atoms with van der Waals surface area (Å²) in [6.45, 7) is 4.75. The lowest BCUT2D eigenvalue weighted by Gasteiger charge is -2.48. The normalized spacial score (nSPS) is 18.1. The minimum Gasteiger partial charge on any atom is -0.349 e. The minimum atomic E-state index is -4.57. The van der Waals surface area contributed by atoms with E-state index in [0.717, 1.165) is 63.3 Å². The van der Waals surface area contributed by atoms with Crippen molar-refractivity contribution in [1.82, 2.24) is 19.6 Å². The quantitative estimate of drug-likeness (QED) is 0.348. The number of carbonyl (C=O) groups is 2. The van der Waals surface area contributed by atoms with E-state index in [1.807, 2.05) is 0 Å². The zero-order chi connectivity index (χ0) is 29.9. The number of hydrogen-bond acceptors (Lipinski definition) is 4. The van der Waals surface area contributed by atoms with Crippen molar-refractivity contribution < 1.29 is 27.2 Å². The molecule has 0 unspecified atom stereocenters. The van der Waals surface area contributed by atoms with Crippen molar-refractivity contribution >= 4 is 27.7 Å². The number of likely N-dealkylation sites (N-methyl/N-ethyl adjacent to an activating group) is 1. The van der Waals surface area contributed by atoms with Crippen molar-refractivity contribution in [3.8, 4) is 0 Å². The molecule has 0 bridgehead atoms. The van der Waals surface area contributed by atoms with Crippen LogP contribution >= 0.6 is 15.9 Å². The Hall–Kier alpha value is -2.50. The number of piperidine rings is 1. The van der Waals surface area contributed by atoms with E-state index in [-0.39, 0.29) is 40.1 Å². The van der Waals surface area contributed by atoms with Gasteiger partial charge < -0.3 is 14.7 Å². The van der Waals surface area contributed by atoms with Crippen molar-refractivity contribution in [1.29, 1.82) is 0 Å². The first-order valence-electron chi connectivity index (χ1n) is 13.9. The molecule has 2 heterocycles. The van der Waals surface area contributed by atoms with Gasteiger partial charge in [0.15, 0.2) is 0 Å². The summed E-state index contributed by atoms with van der Waals surface area (Å²) in [6.07, 6.45) is -2.10. The molecule has 2 saturated heterocycles. The second-order valence-electron chi connectivity index (χ2n) is 11.4. The summed E-state index contributed by atoms with van der Waals surface area (Å²) in [7, 11) is 5.18. The van der Waals surface area contributed by atoms with Crippen LogP contribution in [0.3, 0.4) is 0 Å². The third-order valence-corrected chi connectivity index (χ3v) is 8.68. The van der Waals surface area contributed by atoms with Crippen LogP contribution < -0.4 is 0 Å². The molecule has 0 spiro atoms. The van der Waals surface area contributed by atoms with Crippen LogP contribution in [0.5, 0.6) is 0 Å². The molecule has 0 radical (unpaired) electrons. The fraction of sp³-hybridized carbons (Fsp3) is 0.533. The van der Waals surface area contributed by atoms with Crippen LogP contribution in [0.1, 0.15) is 46.7 Å². The number of halogens is 5. The zero-order valence-electron chi connectivity index (χ0n) is 23.6. The number of benzene rings is 2.